The molecule has 0 aliphatic rings. The summed E-state index contributed by atoms with van der Waals surface area (Å²) in [5.41, 5.74) is 3.13. The molecular weight excluding hydrogens is 420 g/mol. The molecule has 10 heteroatoms. The lowest BCUT2D eigenvalue weighted by Crippen LogP contribution is -2.16. The molecule has 4 aromatic rings. The van der Waals surface area contributed by atoms with Crippen LogP contribution in [-0.2, 0) is 12.4 Å². The second-order valence-electron chi connectivity index (χ2n) is 7.15. The SMILES string of the molecule is Cc1cc(C)cc(OCc2nnc(SCc3nc4sc(C)c(C)c4c(=O)[nH]3)n2N)c1. The molecule has 30 heavy (non-hydrogen) atoms. The number of nitrogens with zero attached hydrogens (tertiary/aromatic N) is 4. The molecule has 0 amide bonds. The predicted octanol–water partition coefficient (Wildman–Crippen LogP) is 3.39. The van der Waals surface area contributed by atoms with Crippen LogP contribution in [0, 0.1) is 27.7 Å². The second kappa shape index (κ2) is 8.11. The van der Waals surface area contributed by atoms with Crippen LogP contribution in [0.3, 0.4) is 0 Å². The van der Waals surface area contributed by atoms with Gasteiger partial charge in [-0.05, 0) is 56.5 Å². The van der Waals surface area contributed by atoms with E-state index in [9.17, 15) is 4.79 Å². The Kier molecular flexibility index (Phi) is 5.52. The molecule has 0 unspecified atom stereocenters. The highest BCUT2D eigenvalue weighted by molar-refractivity contribution is 7.98. The first-order chi connectivity index (χ1) is 14.3. The van der Waals surface area contributed by atoms with Gasteiger partial charge in [-0.25, -0.2) is 9.66 Å². The Morgan fingerprint density at radius 1 is 1.17 bits per heavy atom. The Morgan fingerprint density at radius 3 is 2.63 bits per heavy atom. The van der Waals surface area contributed by atoms with Crippen molar-refractivity contribution >= 4 is 33.3 Å². The van der Waals surface area contributed by atoms with Gasteiger partial charge in [0, 0.05) is 4.88 Å². The summed E-state index contributed by atoms with van der Waals surface area (Å²) in [4.78, 5) is 21.7. The number of aryl methyl sites for hydroxylation is 4. The predicted molar refractivity (Wildman–Crippen MR) is 120 cm³/mol. The van der Waals surface area contributed by atoms with Crippen molar-refractivity contribution in [3.63, 3.8) is 0 Å². The molecular formula is C20H22N6O2S2. The minimum Gasteiger partial charge on any atom is -0.486 e. The maximum atomic E-state index is 12.4. The molecule has 0 atom stereocenters. The fourth-order valence-electron chi connectivity index (χ4n) is 3.17. The highest BCUT2D eigenvalue weighted by atomic mass is 32.2. The van der Waals surface area contributed by atoms with E-state index < -0.39 is 0 Å². The molecule has 4 rings (SSSR count). The number of aromatic nitrogens is 5. The van der Waals surface area contributed by atoms with Crippen molar-refractivity contribution < 1.29 is 4.74 Å². The van der Waals surface area contributed by atoms with Crippen LogP contribution in [0.15, 0.2) is 28.2 Å². The number of rotatable bonds is 6. The average Bonchev–Trinajstić information content (AvgIpc) is 3.17. The van der Waals surface area contributed by atoms with Crippen molar-refractivity contribution in [2.45, 2.75) is 45.2 Å². The molecule has 1 aromatic carbocycles. The molecule has 0 spiro atoms. The summed E-state index contributed by atoms with van der Waals surface area (Å²) < 4.78 is 7.22. The third-order valence-corrected chi connectivity index (χ3v) is 6.78. The van der Waals surface area contributed by atoms with Crippen molar-refractivity contribution in [1.29, 1.82) is 0 Å². The highest BCUT2D eigenvalue weighted by Crippen LogP contribution is 2.27. The van der Waals surface area contributed by atoms with Crippen LogP contribution < -0.4 is 16.1 Å². The van der Waals surface area contributed by atoms with E-state index in [1.807, 2.05) is 39.8 Å². The van der Waals surface area contributed by atoms with Crippen LogP contribution in [0.25, 0.3) is 10.2 Å². The Bertz CT molecular complexity index is 1270. The quantitative estimate of drug-likeness (QED) is 0.348. The van der Waals surface area contributed by atoms with Crippen LogP contribution in [0.5, 0.6) is 5.75 Å². The van der Waals surface area contributed by atoms with Crippen molar-refractivity contribution in [2.24, 2.45) is 0 Å². The number of thioether (sulfide) groups is 1. The fraction of sp³-hybridized carbons (Fsp3) is 0.300. The van der Waals surface area contributed by atoms with Crippen LogP contribution in [0.2, 0.25) is 0 Å². The van der Waals surface area contributed by atoms with Gasteiger partial charge in [-0.3, -0.25) is 4.79 Å². The van der Waals surface area contributed by atoms with Crippen LogP contribution >= 0.6 is 23.1 Å². The highest BCUT2D eigenvalue weighted by Gasteiger charge is 2.15. The number of hydrogen-bond donors (Lipinski definition) is 2. The van der Waals surface area contributed by atoms with Gasteiger partial charge in [0.25, 0.3) is 5.56 Å². The van der Waals surface area contributed by atoms with E-state index in [0.717, 1.165) is 32.1 Å². The van der Waals surface area contributed by atoms with Gasteiger partial charge < -0.3 is 15.6 Å². The van der Waals surface area contributed by atoms with Crippen molar-refractivity contribution in [3.8, 4) is 5.75 Å². The molecule has 0 aliphatic heterocycles. The van der Waals surface area contributed by atoms with E-state index >= 15 is 0 Å². The smallest absolute Gasteiger partial charge is 0.259 e. The number of benzene rings is 1. The van der Waals surface area contributed by atoms with Gasteiger partial charge in [-0.1, -0.05) is 17.8 Å². The van der Waals surface area contributed by atoms with E-state index in [2.05, 4.69) is 26.2 Å². The van der Waals surface area contributed by atoms with E-state index in [0.29, 0.717) is 27.9 Å². The normalized spacial score (nSPS) is 11.3. The Hall–Kier alpha value is -2.85. The largest absolute Gasteiger partial charge is 0.486 e. The van der Waals surface area contributed by atoms with Crippen molar-refractivity contribution in [1.82, 2.24) is 24.8 Å². The number of fused-ring (bicyclic) bond motifs is 1. The van der Waals surface area contributed by atoms with Gasteiger partial charge in [-0.2, -0.15) is 0 Å². The number of H-pyrrole nitrogens is 1. The zero-order chi connectivity index (χ0) is 21.4. The number of nitrogens with two attached hydrogens (primary N) is 1. The number of nitrogens with one attached hydrogen (secondary N) is 1. The van der Waals surface area contributed by atoms with Gasteiger partial charge in [0.15, 0.2) is 5.82 Å². The summed E-state index contributed by atoms with van der Waals surface area (Å²) in [5, 5.41) is 9.45. The summed E-state index contributed by atoms with van der Waals surface area (Å²) >= 11 is 2.88. The molecule has 3 aromatic heterocycles. The molecule has 0 saturated heterocycles. The molecule has 156 valence electrons. The standard InChI is InChI=1S/C20H22N6O2S2/c1-10-5-11(2)7-14(6-10)28-8-16-24-25-20(26(16)21)29-9-15-22-18(27)17-12(3)13(4)30-19(17)23-15/h5-7H,8-9,21H2,1-4H3,(H,22,23,27). The molecule has 0 aliphatic carbocycles. The number of nitrogen functional groups attached to an aromatic ring is 1. The molecule has 0 radical (unpaired) electrons. The Morgan fingerprint density at radius 2 is 1.90 bits per heavy atom. The van der Waals surface area contributed by atoms with Crippen molar-refractivity contribution in [2.75, 3.05) is 5.84 Å². The lowest BCUT2D eigenvalue weighted by Gasteiger charge is -2.08. The monoisotopic (exact) mass is 442 g/mol. The molecule has 3 N–H and O–H groups in total. The number of hydrogen-bond acceptors (Lipinski definition) is 8. The maximum Gasteiger partial charge on any atom is 0.259 e. The first kappa shape index (κ1) is 20.4. The Labute approximate surface area is 181 Å². The van der Waals surface area contributed by atoms with Gasteiger partial charge in [0.05, 0.1) is 11.1 Å². The summed E-state index contributed by atoms with van der Waals surface area (Å²) in [6.07, 6.45) is 0. The number of ether oxygens (including phenoxy) is 1. The summed E-state index contributed by atoms with van der Waals surface area (Å²) in [6, 6.07) is 6.01. The lowest BCUT2D eigenvalue weighted by atomic mass is 10.1. The third-order valence-electron chi connectivity index (χ3n) is 4.72. The van der Waals surface area contributed by atoms with Crippen LogP contribution in [0.1, 0.15) is 33.2 Å². The van der Waals surface area contributed by atoms with Gasteiger partial charge in [-0.15, -0.1) is 21.5 Å². The van der Waals surface area contributed by atoms with Crippen molar-refractivity contribution in [3.05, 3.63) is 61.8 Å². The van der Waals surface area contributed by atoms with Crippen LogP contribution in [0.4, 0.5) is 0 Å². The lowest BCUT2D eigenvalue weighted by molar-refractivity contribution is 0.291. The topological polar surface area (TPSA) is 112 Å². The van der Waals surface area contributed by atoms with Gasteiger partial charge in [0.2, 0.25) is 5.16 Å². The first-order valence-corrected chi connectivity index (χ1v) is 11.1. The maximum absolute atomic E-state index is 12.4. The van der Waals surface area contributed by atoms with Crippen LogP contribution in [-0.4, -0.2) is 24.8 Å². The number of thiophene rings is 1. The minimum absolute atomic E-state index is 0.116. The van der Waals surface area contributed by atoms with E-state index in [-0.39, 0.29) is 12.2 Å². The third kappa shape index (κ3) is 4.05. The fourth-order valence-corrected chi connectivity index (χ4v) is 4.96. The molecule has 0 saturated carbocycles. The number of aromatic amines is 1. The second-order valence-corrected chi connectivity index (χ2v) is 9.29. The minimum atomic E-state index is -0.116. The summed E-state index contributed by atoms with van der Waals surface area (Å²) in [7, 11) is 0. The zero-order valence-corrected chi connectivity index (χ0v) is 18.8. The molecule has 0 fully saturated rings. The van der Waals surface area contributed by atoms with Gasteiger partial charge in [0.1, 0.15) is 23.0 Å². The van der Waals surface area contributed by atoms with E-state index in [1.165, 1.54) is 27.8 Å². The molecule has 8 nitrogen and oxygen atoms in total. The molecule has 0 bridgehead atoms. The first-order valence-electron chi connectivity index (χ1n) is 9.34. The Balaban J connectivity index is 1.45. The van der Waals surface area contributed by atoms with E-state index in [1.54, 1.807) is 0 Å². The zero-order valence-electron chi connectivity index (χ0n) is 17.1. The average molecular weight is 443 g/mol. The summed E-state index contributed by atoms with van der Waals surface area (Å²) in [6.45, 7) is 8.19. The van der Waals surface area contributed by atoms with Gasteiger partial charge >= 0.3 is 0 Å². The van der Waals surface area contributed by atoms with E-state index in [4.69, 9.17) is 10.6 Å². The molecule has 3 heterocycles. The summed E-state index contributed by atoms with van der Waals surface area (Å²) in [5.74, 6) is 8.42.